The number of hydrogen-bond donors (Lipinski definition) is 2. The van der Waals surface area contributed by atoms with E-state index in [-0.39, 0.29) is 17.4 Å². The van der Waals surface area contributed by atoms with Gasteiger partial charge in [-0.1, -0.05) is 23.7 Å². The largest absolute Gasteiger partial charge is 0.496 e. The van der Waals surface area contributed by atoms with Crippen LogP contribution in [0.4, 0.5) is 10.1 Å². The molecule has 1 heterocycles. The maximum Gasteiger partial charge on any atom is 0.293 e. The van der Waals surface area contributed by atoms with Gasteiger partial charge in [-0.3, -0.25) is 9.59 Å². The number of carbonyl (C=O) groups is 2. The second-order valence-corrected chi connectivity index (χ2v) is 9.22. The number of hydrogen-bond acceptors (Lipinski definition) is 6. The van der Waals surface area contributed by atoms with Crippen LogP contribution >= 0.6 is 11.6 Å². The number of allylic oxidation sites excluding steroid dienone is 1. The third kappa shape index (κ3) is 6.74. The predicted octanol–water partition coefficient (Wildman–Crippen LogP) is 5.20. The molecule has 4 rings (SSSR count). The molecule has 10 heteroatoms. The highest BCUT2D eigenvalue weighted by molar-refractivity contribution is 6.30. The number of nitrogens with one attached hydrogen (secondary N) is 2. The average molecular weight is 551 g/mol. The van der Waals surface area contributed by atoms with Crippen LogP contribution in [-0.2, 0) is 9.59 Å². The molecule has 3 aromatic carbocycles. The van der Waals surface area contributed by atoms with Gasteiger partial charge in [-0.15, -0.1) is 0 Å². The highest BCUT2D eigenvalue weighted by Crippen LogP contribution is 2.32. The number of piperazine rings is 1. The van der Waals surface area contributed by atoms with Crippen LogP contribution in [-0.4, -0.2) is 61.1 Å². The summed E-state index contributed by atoms with van der Waals surface area (Å²) in [5.41, 5.74) is 2.26. The van der Waals surface area contributed by atoms with Gasteiger partial charge in [0.1, 0.15) is 23.0 Å². The number of anilines is 1. The number of ether oxygens (including phenoxy) is 2. The van der Waals surface area contributed by atoms with Gasteiger partial charge in [-0.25, -0.2) is 4.39 Å². The topological polar surface area (TPSA) is 95.0 Å². The van der Waals surface area contributed by atoms with E-state index in [1.54, 1.807) is 59.5 Å². The Hall–Kier alpha value is -4.37. The monoisotopic (exact) mass is 550 g/mol. The van der Waals surface area contributed by atoms with Crippen molar-refractivity contribution in [3.05, 3.63) is 89.0 Å². The highest BCUT2D eigenvalue weighted by atomic mass is 35.5. The number of benzene rings is 3. The standard InChI is InChI=1S/C29H28ClFN4O4/c1-19(36)34-13-15-35(16-14-34)26(18-32)28(29(37)33-23-8-5-21(30)6-9-23)39-24-10-3-20(4-11-24)25-12-7-22(31)17-27(25)38-2/h3-12,17-18,32H,13-16H2,1-2H3,(H,33,37)/b28-26-,32-18?. The molecule has 1 fully saturated rings. The van der Waals surface area contributed by atoms with Crippen LogP contribution in [0.1, 0.15) is 6.92 Å². The first-order chi connectivity index (χ1) is 18.8. The Kier molecular flexibility index (Phi) is 8.83. The second kappa shape index (κ2) is 12.4. The van der Waals surface area contributed by atoms with Crippen molar-refractivity contribution in [3.8, 4) is 22.6 Å². The molecule has 39 heavy (non-hydrogen) atoms. The Morgan fingerprint density at radius 1 is 0.974 bits per heavy atom. The lowest BCUT2D eigenvalue weighted by molar-refractivity contribution is -0.130. The second-order valence-electron chi connectivity index (χ2n) is 8.78. The fraction of sp³-hybridized carbons (Fsp3) is 0.207. The zero-order valence-electron chi connectivity index (χ0n) is 21.5. The number of methoxy groups -OCH3 is 1. The van der Waals surface area contributed by atoms with Crippen molar-refractivity contribution in [2.75, 3.05) is 38.6 Å². The summed E-state index contributed by atoms with van der Waals surface area (Å²) in [4.78, 5) is 28.8. The van der Waals surface area contributed by atoms with Crippen LogP contribution in [0.3, 0.4) is 0 Å². The fourth-order valence-corrected chi connectivity index (χ4v) is 4.35. The summed E-state index contributed by atoms with van der Waals surface area (Å²) in [5.74, 6) is -0.284. The van der Waals surface area contributed by atoms with Gasteiger partial charge in [0, 0.05) is 61.7 Å². The lowest BCUT2D eigenvalue weighted by Crippen LogP contribution is -2.48. The molecule has 2 N–H and O–H groups in total. The van der Waals surface area contributed by atoms with Crippen molar-refractivity contribution in [1.82, 2.24) is 9.80 Å². The van der Waals surface area contributed by atoms with E-state index < -0.39 is 11.7 Å². The quantitative estimate of drug-likeness (QED) is 0.228. The Morgan fingerprint density at radius 2 is 1.62 bits per heavy atom. The molecule has 1 aliphatic heterocycles. The summed E-state index contributed by atoms with van der Waals surface area (Å²) in [6.45, 7) is 3.32. The van der Waals surface area contributed by atoms with Gasteiger partial charge in [0.05, 0.1) is 7.11 Å². The minimum absolute atomic E-state index is 0.0233. The molecule has 0 aliphatic carbocycles. The van der Waals surface area contributed by atoms with E-state index >= 15 is 0 Å². The van der Waals surface area contributed by atoms with Crippen LogP contribution in [0, 0.1) is 11.2 Å². The van der Waals surface area contributed by atoms with E-state index in [1.165, 1.54) is 26.2 Å². The van der Waals surface area contributed by atoms with E-state index in [2.05, 4.69) is 5.32 Å². The molecule has 3 aromatic rings. The zero-order chi connectivity index (χ0) is 27.9. The molecule has 0 aromatic heterocycles. The van der Waals surface area contributed by atoms with Crippen LogP contribution < -0.4 is 14.8 Å². The van der Waals surface area contributed by atoms with E-state index in [4.69, 9.17) is 26.5 Å². The molecule has 8 nitrogen and oxygen atoms in total. The van der Waals surface area contributed by atoms with Crippen molar-refractivity contribution in [1.29, 1.82) is 5.41 Å². The van der Waals surface area contributed by atoms with Gasteiger partial charge in [-0.05, 0) is 54.1 Å². The summed E-state index contributed by atoms with van der Waals surface area (Å²) < 4.78 is 25.0. The van der Waals surface area contributed by atoms with Crippen molar-refractivity contribution in [2.45, 2.75) is 6.92 Å². The Bertz CT molecular complexity index is 1390. The fourth-order valence-electron chi connectivity index (χ4n) is 4.22. The summed E-state index contributed by atoms with van der Waals surface area (Å²) in [6.07, 6.45) is 1.08. The SMILES string of the molecule is COc1cc(F)ccc1-c1ccc(O/C(C(=O)Nc2ccc(Cl)cc2)=C(/C=N)N2CCN(C(C)=O)CC2)cc1. The number of carbonyl (C=O) groups excluding carboxylic acids is 2. The normalized spacial score (nSPS) is 13.8. The Morgan fingerprint density at radius 3 is 2.21 bits per heavy atom. The molecular formula is C29H28ClFN4O4. The lowest BCUT2D eigenvalue weighted by atomic mass is 10.0. The van der Waals surface area contributed by atoms with Gasteiger partial charge in [-0.2, -0.15) is 0 Å². The molecule has 0 bridgehead atoms. The maximum atomic E-state index is 13.6. The molecule has 0 atom stereocenters. The Labute approximate surface area is 231 Å². The molecular weight excluding hydrogens is 523 g/mol. The smallest absolute Gasteiger partial charge is 0.293 e. The first-order valence-electron chi connectivity index (χ1n) is 12.2. The third-order valence-electron chi connectivity index (χ3n) is 6.29. The highest BCUT2D eigenvalue weighted by Gasteiger charge is 2.26. The van der Waals surface area contributed by atoms with E-state index in [0.29, 0.717) is 54.0 Å². The van der Waals surface area contributed by atoms with Gasteiger partial charge >= 0.3 is 0 Å². The molecule has 0 saturated carbocycles. The molecule has 202 valence electrons. The summed E-state index contributed by atoms with van der Waals surface area (Å²) >= 11 is 5.97. The Balaban J connectivity index is 1.64. The van der Waals surface area contributed by atoms with Crippen LogP contribution in [0.2, 0.25) is 5.02 Å². The number of rotatable bonds is 8. The zero-order valence-corrected chi connectivity index (χ0v) is 22.3. The lowest BCUT2D eigenvalue weighted by Gasteiger charge is -2.36. The third-order valence-corrected chi connectivity index (χ3v) is 6.54. The van der Waals surface area contributed by atoms with E-state index in [0.717, 1.165) is 11.8 Å². The predicted molar refractivity (Wildman–Crippen MR) is 149 cm³/mol. The average Bonchev–Trinajstić information content (AvgIpc) is 2.94. The number of amides is 2. The number of nitrogens with zero attached hydrogens (tertiary/aromatic N) is 2. The molecule has 0 radical (unpaired) electrons. The minimum atomic E-state index is -0.547. The van der Waals surface area contributed by atoms with Gasteiger partial charge in [0.15, 0.2) is 0 Å². The molecule has 0 spiro atoms. The number of halogens is 2. The van der Waals surface area contributed by atoms with Crippen LogP contribution in [0.25, 0.3) is 11.1 Å². The minimum Gasteiger partial charge on any atom is -0.496 e. The van der Waals surface area contributed by atoms with Gasteiger partial charge in [0.25, 0.3) is 5.91 Å². The first-order valence-corrected chi connectivity index (χ1v) is 12.6. The summed E-state index contributed by atoms with van der Waals surface area (Å²) in [6, 6.07) is 17.8. The summed E-state index contributed by atoms with van der Waals surface area (Å²) in [5, 5.41) is 11.4. The first kappa shape index (κ1) is 27.7. The van der Waals surface area contributed by atoms with Gasteiger partial charge < -0.3 is 30.0 Å². The van der Waals surface area contributed by atoms with Crippen molar-refractivity contribution < 1.29 is 23.5 Å². The van der Waals surface area contributed by atoms with Crippen LogP contribution in [0.5, 0.6) is 11.5 Å². The molecule has 2 amide bonds. The van der Waals surface area contributed by atoms with Crippen molar-refractivity contribution in [2.24, 2.45) is 0 Å². The van der Waals surface area contributed by atoms with E-state index in [1.807, 2.05) is 4.90 Å². The summed E-state index contributed by atoms with van der Waals surface area (Å²) in [7, 11) is 1.47. The van der Waals surface area contributed by atoms with E-state index in [9.17, 15) is 14.0 Å². The van der Waals surface area contributed by atoms with Gasteiger partial charge in [0.2, 0.25) is 11.7 Å². The molecule has 1 saturated heterocycles. The maximum absolute atomic E-state index is 13.6. The van der Waals surface area contributed by atoms with Crippen molar-refractivity contribution >= 4 is 35.3 Å². The van der Waals surface area contributed by atoms with Crippen LogP contribution in [0.15, 0.2) is 78.2 Å². The molecule has 1 aliphatic rings. The molecule has 0 unspecified atom stereocenters. The van der Waals surface area contributed by atoms with Crippen molar-refractivity contribution in [3.63, 3.8) is 0 Å².